The van der Waals surface area contributed by atoms with Crippen LogP contribution in [0.4, 0.5) is 0 Å². The topological polar surface area (TPSA) is 49.6 Å². The molecule has 0 saturated carbocycles. The fourth-order valence-corrected chi connectivity index (χ4v) is 3.51. The Labute approximate surface area is 117 Å². The number of nitrogens with two attached hydrogens (primary N) is 1. The summed E-state index contributed by atoms with van der Waals surface area (Å²) in [5.41, 5.74) is 6.01. The van der Waals surface area contributed by atoms with E-state index >= 15 is 0 Å². The van der Waals surface area contributed by atoms with Crippen LogP contribution in [0, 0.1) is 5.92 Å². The van der Waals surface area contributed by atoms with E-state index in [4.69, 9.17) is 5.73 Å². The van der Waals surface area contributed by atoms with Crippen molar-refractivity contribution in [2.45, 2.75) is 58.0 Å². The maximum absolute atomic E-state index is 12.7. The molecule has 0 radical (unpaired) electrons. The quantitative estimate of drug-likeness (QED) is 0.838. The molecule has 4 nitrogen and oxygen atoms in total. The van der Waals surface area contributed by atoms with Crippen molar-refractivity contribution in [1.29, 1.82) is 0 Å². The first kappa shape index (κ1) is 14.8. The molecule has 1 amide bonds. The Kier molecular flexibility index (Phi) is 5.22. The van der Waals surface area contributed by atoms with Crippen LogP contribution >= 0.6 is 0 Å². The zero-order valence-electron chi connectivity index (χ0n) is 12.5. The molecule has 0 aromatic heterocycles. The van der Waals surface area contributed by atoms with Crippen molar-refractivity contribution < 1.29 is 4.79 Å². The van der Waals surface area contributed by atoms with E-state index < -0.39 is 0 Å². The lowest BCUT2D eigenvalue weighted by atomic mass is 9.91. The molecule has 110 valence electrons. The minimum Gasteiger partial charge on any atom is -0.341 e. The molecule has 2 saturated heterocycles. The smallest absolute Gasteiger partial charge is 0.239 e. The fourth-order valence-electron chi connectivity index (χ4n) is 3.51. The summed E-state index contributed by atoms with van der Waals surface area (Å²) in [6.45, 7) is 8.20. The van der Waals surface area contributed by atoms with E-state index in [2.05, 4.69) is 23.6 Å². The van der Waals surface area contributed by atoms with Gasteiger partial charge in [0.05, 0.1) is 6.04 Å². The molecule has 2 N–H and O–H groups in total. The van der Waals surface area contributed by atoms with Crippen molar-refractivity contribution in [3.05, 3.63) is 0 Å². The second-order valence-corrected chi connectivity index (χ2v) is 6.24. The van der Waals surface area contributed by atoms with Crippen molar-refractivity contribution in [2.24, 2.45) is 11.7 Å². The van der Waals surface area contributed by atoms with Gasteiger partial charge < -0.3 is 10.6 Å². The van der Waals surface area contributed by atoms with Gasteiger partial charge in [-0.05, 0) is 58.0 Å². The lowest BCUT2D eigenvalue weighted by Crippen LogP contribution is -2.51. The summed E-state index contributed by atoms with van der Waals surface area (Å²) in [5, 5.41) is 0. The highest BCUT2D eigenvalue weighted by molar-refractivity contribution is 5.82. The van der Waals surface area contributed by atoms with Crippen LogP contribution in [0.2, 0.25) is 0 Å². The second kappa shape index (κ2) is 6.71. The van der Waals surface area contributed by atoms with Gasteiger partial charge in [0.2, 0.25) is 5.91 Å². The average Bonchev–Trinajstić information content (AvgIpc) is 2.86. The van der Waals surface area contributed by atoms with Gasteiger partial charge in [0.1, 0.15) is 0 Å². The van der Waals surface area contributed by atoms with E-state index in [1.54, 1.807) is 0 Å². The Hall–Kier alpha value is -0.610. The van der Waals surface area contributed by atoms with E-state index in [-0.39, 0.29) is 12.1 Å². The van der Waals surface area contributed by atoms with Crippen LogP contribution < -0.4 is 5.73 Å². The molecule has 3 unspecified atom stereocenters. The SMILES string of the molecule is CCCN1CCCC1C(=O)N1CCCC(C(C)N)C1. The minimum absolute atomic E-state index is 0.145. The van der Waals surface area contributed by atoms with Gasteiger partial charge in [0, 0.05) is 19.1 Å². The van der Waals surface area contributed by atoms with E-state index in [1.165, 1.54) is 12.8 Å². The Morgan fingerprint density at radius 1 is 1.32 bits per heavy atom. The third-order valence-electron chi connectivity index (χ3n) is 4.67. The molecule has 19 heavy (non-hydrogen) atoms. The third-order valence-corrected chi connectivity index (χ3v) is 4.67. The van der Waals surface area contributed by atoms with E-state index in [0.717, 1.165) is 45.4 Å². The highest BCUT2D eigenvalue weighted by atomic mass is 16.2. The summed E-state index contributed by atoms with van der Waals surface area (Å²) < 4.78 is 0. The number of hydrogen-bond donors (Lipinski definition) is 1. The summed E-state index contributed by atoms with van der Waals surface area (Å²) in [5.74, 6) is 0.843. The number of rotatable bonds is 4. The monoisotopic (exact) mass is 267 g/mol. The molecule has 2 aliphatic heterocycles. The minimum atomic E-state index is 0.145. The van der Waals surface area contributed by atoms with Crippen LogP contribution in [-0.4, -0.2) is 54.0 Å². The lowest BCUT2D eigenvalue weighted by molar-refractivity contribution is -0.138. The molecule has 0 aromatic rings. The zero-order valence-corrected chi connectivity index (χ0v) is 12.5. The lowest BCUT2D eigenvalue weighted by Gasteiger charge is -2.37. The number of hydrogen-bond acceptors (Lipinski definition) is 3. The molecule has 2 heterocycles. The first-order valence-corrected chi connectivity index (χ1v) is 7.92. The van der Waals surface area contributed by atoms with Crippen LogP contribution in [0.15, 0.2) is 0 Å². The summed E-state index contributed by atoms with van der Waals surface area (Å²) in [7, 11) is 0. The van der Waals surface area contributed by atoms with Crippen molar-refractivity contribution in [1.82, 2.24) is 9.80 Å². The van der Waals surface area contributed by atoms with Gasteiger partial charge in [0.15, 0.2) is 0 Å². The fraction of sp³-hybridized carbons (Fsp3) is 0.933. The standard InChI is InChI=1S/C15H29N3O/c1-3-8-17-9-5-7-14(17)15(19)18-10-4-6-13(11-18)12(2)16/h12-14H,3-11,16H2,1-2H3. The van der Waals surface area contributed by atoms with Crippen molar-refractivity contribution in [3.8, 4) is 0 Å². The largest absolute Gasteiger partial charge is 0.341 e. The van der Waals surface area contributed by atoms with Gasteiger partial charge >= 0.3 is 0 Å². The van der Waals surface area contributed by atoms with Gasteiger partial charge in [-0.25, -0.2) is 0 Å². The van der Waals surface area contributed by atoms with Gasteiger partial charge in [-0.1, -0.05) is 6.92 Å². The molecule has 0 spiro atoms. The first-order chi connectivity index (χ1) is 9.13. The van der Waals surface area contributed by atoms with Gasteiger partial charge in [-0.15, -0.1) is 0 Å². The number of carbonyl (C=O) groups excluding carboxylic acids is 1. The predicted molar refractivity (Wildman–Crippen MR) is 77.8 cm³/mol. The van der Waals surface area contributed by atoms with E-state index in [1.807, 2.05) is 0 Å². The van der Waals surface area contributed by atoms with Gasteiger partial charge in [0.25, 0.3) is 0 Å². The molecular weight excluding hydrogens is 238 g/mol. The predicted octanol–water partition coefficient (Wildman–Crippen LogP) is 1.45. The number of carbonyl (C=O) groups is 1. The van der Waals surface area contributed by atoms with E-state index in [0.29, 0.717) is 11.8 Å². The number of piperidine rings is 1. The van der Waals surface area contributed by atoms with Gasteiger partial charge in [-0.3, -0.25) is 9.69 Å². The maximum atomic E-state index is 12.7. The summed E-state index contributed by atoms with van der Waals surface area (Å²) >= 11 is 0. The number of nitrogens with zero attached hydrogens (tertiary/aromatic N) is 2. The highest BCUT2D eigenvalue weighted by Gasteiger charge is 2.35. The van der Waals surface area contributed by atoms with Crippen molar-refractivity contribution >= 4 is 5.91 Å². The van der Waals surface area contributed by atoms with Crippen LogP contribution in [0.3, 0.4) is 0 Å². The zero-order chi connectivity index (χ0) is 13.8. The summed E-state index contributed by atoms with van der Waals surface area (Å²) in [4.78, 5) is 17.1. The van der Waals surface area contributed by atoms with Crippen molar-refractivity contribution in [3.63, 3.8) is 0 Å². The normalized spacial score (nSPS) is 30.6. The molecule has 3 atom stereocenters. The Morgan fingerprint density at radius 3 is 2.74 bits per heavy atom. The maximum Gasteiger partial charge on any atom is 0.239 e. The Morgan fingerprint density at radius 2 is 2.05 bits per heavy atom. The highest BCUT2D eigenvalue weighted by Crippen LogP contribution is 2.24. The molecule has 2 aliphatic rings. The molecule has 0 aliphatic carbocycles. The van der Waals surface area contributed by atoms with Gasteiger partial charge in [-0.2, -0.15) is 0 Å². The molecule has 2 rings (SSSR count). The summed E-state index contributed by atoms with van der Waals surface area (Å²) in [6.07, 6.45) is 5.62. The van der Waals surface area contributed by atoms with Crippen LogP contribution in [0.1, 0.15) is 46.0 Å². The first-order valence-electron chi connectivity index (χ1n) is 7.92. The molecule has 0 aromatic carbocycles. The number of amides is 1. The molecule has 0 bridgehead atoms. The Balaban J connectivity index is 1.94. The summed E-state index contributed by atoms with van der Waals surface area (Å²) in [6, 6.07) is 0.345. The van der Waals surface area contributed by atoms with Crippen LogP contribution in [-0.2, 0) is 4.79 Å². The molecular formula is C15H29N3O. The van der Waals surface area contributed by atoms with Crippen LogP contribution in [0.25, 0.3) is 0 Å². The van der Waals surface area contributed by atoms with E-state index in [9.17, 15) is 4.79 Å². The van der Waals surface area contributed by atoms with Crippen molar-refractivity contribution in [2.75, 3.05) is 26.2 Å². The Bertz CT molecular complexity index is 306. The third kappa shape index (κ3) is 3.48. The molecule has 2 fully saturated rings. The molecule has 4 heteroatoms. The average molecular weight is 267 g/mol. The van der Waals surface area contributed by atoms with Crippen LogP contribution in [0.5, 0.6) is 0 Å². The number of likely N-dealkylation sites (tertiary alicyclic amines) is 2. The second-order valence-electron chi connectivity index (χ2n) is 6.24.